The van der Waals surface area contributed by atoms with Crippen molar-refractivity contribution >= 4 is 16.8 Å². The van der Waals surface area contributed by atoms with Gasteiger partial charge in [0.15, 0.2) is 11.5 Å². The molecule has 1 amide bonds. The second-order valence-corrected chi connectivity index (χ2v) is 7.31. The lowest BCUT2D eigenvalue weighted by atomic mass is 10.1. The van der Waals surface area contributed by atoms with Gasteiger partial charge in [-0.05, 0) is 37.0 Å². The van der Waals surface area contributed by atoms with Gasteiger partial charge in [-0.1, -0.05) is 31.2 Å². The molecule has 0 aliphatic rings. The number of H-pyrrole nitrogens is 1. The summed E-state index contributed by atoms with van der Waals surface area (Å²) in [5, 5.41) is 0.409. The molecule has 1 N–H and O–H groups in total. The topological polar surface area (TPSA) is 84.5 Å². The molecule has 3 rings (SSSR count). The number of aromatic amines is 1. The fourth-order valence-corrected chi connectivity index (χ4v) is 3.50. The van der Waals surface area contributed by atoms with Crippen LogP contribution in [0.1, 0.15) is 37.2 Å². The van der Waals surface area contributed by atoms with Gasteiger partial charge in [-0.2, -0.15) is 0 Å². The highest BCUT2D eigenvalue weighted by Crippen LogP contribution is 2.29. The minimum Gasteiger partial charge on any atom is -0.493 e. The summed E-state index contributed by atoms with van der Waals surface area (Å²) in [7, 11) is 3.05. The number of methoxy groups -OCH3 is 2. The smallest absolute Gasteiger partial charge is 0.258 e. The molecule has 0 radical (unpaired) electrons. The van der Waals surface area contributed by atoms with Crippen molar-refractivity contribution < 1.29 is 14.3 Å². The van der Waals surface area contributed by atoms with Crippen molar-refractivity contribution in [2.24, 2.45) is 0 Å². The third-order valence-corrected chi connectivity index (χ3v) is 5.39. The van der Waals surface area contributed by atoms with E-state index in [-0.39, 0.29) is 18.0 Å². The summed E-state index contributed by atoms with van der Waals surface area (Å²) in [4.78, 5) is 34.4. The Morgan fingerprint density at radius 1 is 1.03 bits per heavy atom. The summed E-state index contributed by atoms with van der Waals surface area (Å²) in [5.74, 6) is 1.42. The number of ether oxygens (including phenoxy) is 2. The number of rotatable bonds is 9. The van der Waals surface area contributed by atoms with Gasteiger partial charge < -0.3 is 19.4 Å². The van der Waals surface area contributed by atoms with E-state index in [0.717, 1.165) is 12.0 Å². The second-order valence-electron chi connectivity index (χ2n) is 7.31. The number of aromatic nitrogens is 2. The van der Waals surface area contributed by atoms with Crippen LogP contribution in [0.3, 0.4) is 0 Å². The number of amides is 1. The summed E-state index contributed by atoms with van der Waals surface area (Å²) in [6, 6.07) is 11.6. The number of hydrogen-bond acceptors (Lipinski definition) is 5. The Morgan fingerprint density at radius 3 is 2.29 bits per heavy atom. The molecule has 0 aliphatic heterocycles. The first-order valence-corrected chi connectivity index (χ1v) is 10.5. The minimum atomic E-state index is -0.277. The Hall–Kier alpha value is -3.35. The highest BCUT2D eigenvalue weighted by atomic mass is 16.5. The number of aryl methyl sites for hydroxylation is 2. The van der Waals surface area contributed by atoms with E-state index in [4.69, 9.17) is 9.47 Å². The molecule has 164 valence electrons. The standard InChI is InChI=1S/C24H29N3O4/c1-5-16-7-9-17(10-8-16)11-12-23(28)27(6-2)15-22-25-19-14-21(31-4)20(30-3)13-18(19)24(29)26-22/h7-10,13-14H,5-6,11-12,15H2,1-4H3,(H,25,26,29). The fourth-order valence-electron chi connectivity index (χ4n) is 3.50. The van der Waals surface area contributed by atoms with Crippen molar-refractivity contribution in [3.63, 3.8) is 0 Å². The van der Waals surface area contributed by atoms with Crippen molar-refractivity contribution in [3.05, 3.63) is 63.7 Å². The van der Waals surface area contributed by atoms with Crippen LogP contribution >= 0.6 is 0 Å². The van der Waals surface area contributed by atoms with E-state index in [0.29, 0.717) is 47.6 Å². The molecule has 0 fully saturated rings. The van der Waals surface area contributed by atoms with Gasteiger partial charge in [-0.25, -0.2) is 4.98 Å². The van der Waals surface area contributed by atoms with Crippen LogP contribution in [0.15, 0.2) is 41.2 Å². The Bertz CT molecular complexity index is 1110. The summed E-state index contributed by atoms with van der Waals surface area (Å²) < 4.78 is 10.6. The highest BCUT2D eigenvalue weighted by molar-refractivity contribution is 5.82. The van der Waals surface area contributed by atoms with Crippen molar-refractivity contribution in [1.29, 1.82) is 0 Å². The predicted molar refractivity (Wildman–Crippen MR) is 121 cm³/mol. The number of hydrogen-bond donors (Lipinski definition) is 1. The van der Waals surface area contributed by atoms with Gasteiger partial charge in [0, 0.05) is 19.0 Å². The molecular weight excluding hydrogens is 394 g/mol. The monoisotopic (exact) mass is 423 g/mol. The molecule has 0 spiro atoms. The minimum absolute atomic E-state index is 0.0251. The van der Waals surface area contributed by atoms with E-state index in [1.165, 1.54) is 19.8 Å². The van der Waals surface area contributed by atoms with Crippen LogP contribution in [0.25, 0.3) is 10.9 Å². The SMILES string of the molecule is CCc1ccc(CCC(=O)N(CC)Cc2nc3cc(OC)c(OC)cc3c(=O)[nH]2)cc1. The molecule has 0 saturated carbocycles. The average molecular weight is 424 g/mol. The maximum atomic E-state index is 12.8. The zero-order valence-electron chi connectivity index (χ0n) is 18.5. The molecule has 0 bridgehead atoms. The molecule has 7 heteroatoms. The quantitative estimate of drug-likeness (QED) is 0.570. The lowest BCUT2D eigenvalue weighted by Crippen LogP contribution is -2.32. The van der Waals surface area contributed by atoms with Crippen LogP contribution in [-0.4, -0.2) is 41.5 Å². The molecule has 0 atom stereocenters. The number of benzene rings is 2. The predicted octanol–water partition coefficient (Wildman–Crippen LogP) is 3.48. The first-order chi connectivity index (χ1) is 15.0. The summed E-state index contributed by atoms with van der Waals surface area (Å²) in [6.45, 7) is 4.81. The van der Waals surface area contributed by atoms with E-state index in [9.17, 15) is 9.59 Å². The normalized spacial score (nSPS) is 10.8. The van der Waals surface area contributed by atoms with Gasteiger partial charge in [0.05, 0.1) is 31.7 Å². The maximum Gasteiger partial charge on any atom is 0.258 e. The summed E-state index contributed by atoms with van der Waals surface area (Å²) in [5.41, 5.74) is 2.64. The second kappa shape index (κ2) is 10.1. The highest BCUT2D eigenvalue weighted by Gasteiger charge is 2.16. The van der Waals surface area contributed by atoms with Crippen molar-refractivity contribution in [3.8, 4) is 11.5 Å². The van der Waals surface area contributed by atoms with E-state index in [1.54, 1.807) is 17.0 Å². The largest absolute Gasteiger partial charge is 0.493 e. The van der Waals surface area contributed by atoms with E-state index in [1.807, 2.05) is 6.92 Å². The molecule has 31 heavy (non-hydrogen) atoms. The van der Waals surface area contributed by atoms with E-state index < -0.39 is 0 Å². The Balaban J connectivity index is 1.75. The van der Waals surface area contributed by atoms with Gasteiger partial charge in [-0.3, -0.25) is 9.59 Å². The van der Waals surface area contributed by atoms with Crippen molar-refractivity contribution in [2.45, 2.75) is 39.7 Å². The zero-order valence-corrected chi connectivity index (χ0v) is 18.5. The first kappa shape index (κ1) is 22.3. The van der Waals surface area contributed by atoms with Gasteiger partial charge in [0.2, 0.25) is 5.91 Å². The lowest BCUT2D eigenvalue weighted by molar-refractivity contribution is -0.131. The van der Waals surface area contributed by atoms with Gasteiger partial charge >= 0.3 is 0 Å². The van der Waals surface area contributed by atoms with Gasteiger partial charge in [0.25, 0.3) is 5.56 Å². The van der Waals surface area contributed by atoms with Crippen LogP contribution in [0, 0.1) is 0 Å². The zero-order chi connectivity index (χ0) is 22.4. The van der Waals surface area contributed by atoms with Crippen LogP contribution in [0.4, 0.5) is 0 Å². The average Bonchev–Trinajstić information content (AvgIpc) is 2.80. The van der Waals surface area contributed by atoms with E-state index in [2.05, 4.69) is 41.2 Å². The van der Waals surface area contributed by atoms with Gasteiger partial charge in [0.1, 0.15) is 5.82 Å². The molecule has 0 unspecified atom stereocenters. The molecular formula is C24H29N3O4. The van der Waals surface area contributed by atoms with Crippen LogP contribution in [0.5, 0.6) is 11.5 Å². The molecule has 3 aromatic rings. The van der Waals surface area contributed by atoms with Crippen LogP contribution in [-0.2, 0) is 24.2 Å². The summed E-state index contributed by atoms with van der Waals surface area (Å²) in [6.07, 6.45) is 2.08. The number of carbonyl (C=O) groups is 1. The summed E-state index contributed by atoms with van der Waals surface area (Å²) >= 11 is 0. The first-order valence-electron chi connectivity index (χ1n) is 10.5. The van der Waals surface area contributed by atoms with Crippen LogP contribution < -0.4 is 15.0 Å². The lowest BCUT2D eigenvalue weighted by Gasteiger charge is -2.20. The number of nitrogens with one attached hydrogen (secondary N) is 1. The van der Waals surface area contributed by atoms with Gasteiger partial charge in [-0.15, -0.1) is 0 Å². The molecule has 1 aromatic heterocycles. The fraction of sp³-hybridized carbons (Fsp3) is 0.375. The third-order valence-electron chi connectivity index (χ3n) is 5.39. The Morgan fingerprint density at radius 2 is 1.68 bits per heavy atom. The third kappa shape index (κ3) is 5.23. The molecule has 1 heterocycles. The van der Waals surface area contributed by atoms with Crippen molar-refractivity contribution in [1.82, 2.24) is 14.9 Å². The number of nitrogens with zero attached hydrogens (tertiary/aromatic N) is 2. The Labute approximate surface area is 182 Å². The van der Waals surface area contributed by atoms with Crippen LogP contribution in [0.2, 0.25) is 0 Å². The number of fused-ring (bicyclic) bond motifs is 1. The molecule has 7 nitrogen and oxygen atoms in total. The van der Waals surface area contributed by atoms with E-state index >= 15 is 0 Å². The molecule has 2 aromatic carbocycles. The maximum absolute atomic E-state index is 12.8. The molecule has 0 saturated heterocycles. The Kier molecular flexibility index (Phi) is 7.28. The number of carbonyl (C=O) groups excluding carboxylic acids is 1. The molecule has 0 aliphatic carbocycles. The van der Waals surface area contributed by atoms with Crippen molar-refractivity contribution in [2.75, 3.05) is 20.8 Å².